The van der Waals surface area contributed by atoms with Crippen LogP contribution in [0.15, 0.2) is 22.7 Å². The molecule has 0 heterocycles. The van der Waals surface area contributed by atoms with Gasteiger partial charge in [-0.2, -0.15) is 0 Å². The summed E-state index contributed by atoms with van der Waals surface area (Å²) in [4.78, 5) is 10.4. The Hall–Kier alpha value is -0.990. The van der Waals surface area contributed by atoms with Crippen LogP contribution in [0.1, 0.15) is 12.5 Å². The minimum absolute atomic E-state index is 0.0141. The van der Waals surface area contributed by atoms with Gasteiger partial charge in [-0.3, -0.25) is 10.1 Å². The van der Waals surface area contributed by atoms with E-state index >= 15 is 0 Å². The van der Waals surface area contributed by atoms with Gasteiger partial charge in [-0.25, -0.2) is 8.42 Å². The maximum atomic E-state index is 11.3. The molecule has 1 rings (SSSR count). The lowest BCUT2D eigenvalue weighted by molar-refractivity contribution is -0.385. The molecule has 0 aliphatic heterocycles. The second-order valence-electron chi connectivity index (χ2n) is 3.94. The molecule has 1 aromatic carbocycles. The van der Waals surface area contributed by atoms with E-state index in [0.29, 0.717) is 10.0 Å². The lowest BCUT2D eigenvalue weighted by Gasteiger charge is -2.06. The molecule has 19 heavy (non-hydrogen) atoms. The van der Waals surface area contributed by atoms with Crippen molar-refractivity contribution in [2.45, 2.75) is 13.5 Å². The molecular weight excluding hydrogens is 336 g/mol. The van der Waals surface area contributed by atoms with Crippen LogP contribution in [0, 0.1) is 10.1 Å². The third kappa shape index (κ3) is 5.25. The van der Waals surface area contributed by atoms with Crippen LogP contribution in [0.4, 0.5) is 5.69 Å². The van der Waals surface area contributed by atoms with Gasteiger partial charge in [0.1, 0.15) is 0 Å². The normalized spacial score (nSPS) is 11.5. The zero-order valence-electron chi connectivity index (χ0n) is 10.4. The molecule has 0 unspecified atom stereocenters. The van der Waals surface area contributed by atoms with Gasteiger partial charge in [-0.1, -0.05) is 22.9 Å². The molecule has 0 saturated heterocycles. The second-order valence-corrected chi connectivity index (χ2v) is 7.33. The minimum Gasteiger partial charge on any atom is -0.311 e. The highest BCUT2D eigenvalue weighted by Crippen LogP contribution is 2.23. The predicted octanol–water partition coefficient (Wildman–Crippen LogP) is 1.88. The number of nitro benzene ring substituents is 1. The summed E-state index contributed by atoms with van der Waals surface area (Å²) < 4.78 is 23.2. The number of hydrogen-bond donors (Lipinski definition) is 1. The first kappa shape index (κ1) is 16.1. The van der Waals surface area contributed by atoms with Crippen molar-refractivity contribution < 1.29 is 13.3 Å². The Morgan fingerprint density at radius 3 is 2.68 bits per heavy atom. The number of rotatable bonds is 7. The minimum atomic E-state index is -3.01. The summed E-state index contributed by atoms with van der Waals surface area (Å²) >= 11 is 3.18. The Morgan fingerprint density at radius 1 is 1.42 bits per heavy atom. The van der Waals surface area contributed by atoms with Gasteiger partial charge in [0.25, 0.3) is 5.69 Å². The monoisotopic (exact) mass is 350 g/mol. The van der Waals surface area contributed by atoms with Gasteiger partial charge >= 0.3 is 0 Å². The fourth-order valence-electron chi connectivity index (χ4n) is 1.45. The van der Waals surface area contributed by atoms with Gasteiger partial charge in [0.05, 0.1) is 10.7 Å². The molecule has 0 aliphatic rings. The number of hydrogen-bond acceptors (Lipinski definition) is 5. The van der Waals surface area contributed by atoms with Crippen molar-refractivity contribution in [3.63, 3.8) is 0 Å². The van der Waals surface area contributed by atoms with Crippen LogP contribution < -0.4 is 5.32 Å². The quantitative estimate of drug-likeness (QED) is 0.460. The number of sulfone groups is 1. The summed E-state index contributed by atoms with van der Waals surface area (Å²) in [5.41, 5.74) is 0.544. The summed E-state index contributed by atoms with van der Waals surface area (Å²) in [6, 6.07) is 4.79. The molecule has 0 radical (unpaired) electrons. The fraction of sp³-hybridized carbons (Fsp3) is 0.455. The summed E-state index contributed by atoms with van der Waals surface area (Å²) in [6.45, 7) is 2.14. The highest BCUT2D eigenvalue weighted by molar-refractivity contribution is 9.10. The number of halogens is 1. The first-order valence-electron chi connectivity index (χ1n) is 5.69. The maximum absolute atomic E-state index is 11.3. The van der Waals surface area contributed by atoms with Crippen molar-refractivity contribution in [1.82, 2.24) is 5.32 Å². The number of nitrogens with zero attached hydrogens (tertiary/aromatic N) is 1. The average Bonchev–Trinajstić information content (AvgIpc) is 2.36. The van der Waals surface area contributed by atoms with Crippen molar-refractivity contribution in [1.29, 1.82) is 0 Å². The van der Waals surface area contributed by atoms with E-state index in [4.69, 9.17) is 0 Å². The van der Waals surface area contributed by atoms with E-state index < -0.39 is 14.8 Å². The summed E-state index contributed by atoms with van der Waals surface area (Å²) in [5, 5.41) is 13.8. The van der Waals surface area contributed by atoms with Gasteiger partial charge in [-0.15, -0.1) is 0 Å². The van der Waals surface area contributed by atoms with E-state index in [1.165, 1.54) is 6.07 Å². The predicted molar refractivity (Wildman–Crippen MR) is 76.8 cm³/mol. The number of benzene rings is 1. The Bertz CT molecular complexity index is 560. The molecule has 0 aliphatic carbocycles. The van der Waals surface area contributed by atoms with Crippen LogP contribution >= 0.6 is 15.9 Å². The van der Waals surface area contributed by atoms with Gasteiger partial charge < -0.3 is 5.32 Å². The fourth-order valence-corrected chi connectivity index (χ4v) is 2.54. The lowest BCUT2D eigenvalue weighted by atomic mass is 10.2. The van der Waals surface area contributed by atoms with Crippen LogP contribution in [-0.4, -0.2) is 31.4 Å². The zero-order valence-corrected chi connectivity index (χ0v) is 12.8. The van der Waals surface area contributed by atoms with E-state index in [1.807, 2.05) is 0 Å². The zero-order chi connectivity index (χ0) is 14.5. The maximum Gasteiger partial charge on any atom is 0.275 e. The molecule has 1 N–H and O–H groups in total. The number of nitro groups is 1. The molecule has 0 spiro atoms. The van der Waals surface area contributed by atoms with Gasteiger partial charge in [0, 0.05) is 34.9 Å². The van der Waals surface area contributed by atoms with Crippen LogP contribution in [0.5, 0.6) is 0 Å². The molecule has 0 amide bonds. The molecule has 0 fully saturated rings. The van der Waals surface area contributed by atoms with Gasteiger partial charge in [0.15, 0.2) is 9.84 Å². The van der Waals surface area contributed by atoms with Crippen LogP contribution in [0.3, 0.4) is 0 Å². The first-order chi connectivity index (χ1) is 8.85. The van der Waals surface area contributed by atoms with E-state index in [0.717, 1.165) is 0 Å². The van der Waals surface area contributed by atoms with E-state index in [9.17, 15) is 18.5 Å². The Balaban J connectivity index is 2.61. The van der Waals surface area contributed by atoms with Crippen molar-refractivity contribution in [2.24, 2.45) is 0 Å². The van der Waals surface area contributed by atoms with Crippen LogP contribution in [0.2, 0.25) is 0 Å². The largest absolute Gasteiger partial charge is 0.311 e. The Morgan fingerprint density at radius 2 is 2.11 bits per heavy atom. The molecule has 0 saturated carbocycles. The van der Waals surface area contributed by atoms with Crippen LogP contribution in [-0.2, 0) is 16.4 Å². The first-order valence-corrected chi connectivity index (χ1v) is 8.31. The topological polar surface area (TPSA) is 89.3 Å². The van der Waals surface area contributed by atoms with Crippen molar-refractivity contribution in [3.8, 4) is 0 Å². The Labute approximate surface area is 120 Å². The standard InChI is InChI=1S/C11H15BrN2O4S/c1-2-19(17,18)6-5-13-8-9-3-4-10(12)7-11(9)14(15)16/h3-4,7,13H,2,5-6,8H2,1H3. The molecule has 8 heteroatoms. The highest BCUT2D eigenvalue weighted by Gasteiger charge is 2.14. The van der Waals surface area contributed by atoms with E-state index in [-0.39, 0.29) is 30.3 Å². The van der Waals surface area contributed by atoms with Crippen LogP contribution in [0.25, 0.3) is 0 Å². The third-order valence-electron chi connectivity index (χ3n) is 2.59. The lowest BCUT2D eigenvalue weighted by Crippen LogP contribution is -2.23. The molecule has 6 nitrogen and oxygen atoms in total. The highest BCUT2D eigenvalue weighted by atomic mass is 79.9. The smallest absolute Gasteiger partial charge is 0.275 e. The number of nitrogens with one attached hydrogen (secondary N) is 1. The molecule has 0 atom stereocenters. The van der Waals surface area contributed by atoms with Gasteiger partial charge in [-0.05, 0) is 12.1 Å². The molecule has 106 valence electrons. The summed E-state index contributed by atoms with van der Waals surface area (Å²) in [6.07, 6.45) is 0. The third-order valence-corrected chi connectivity index (χ3v) is 4.79. The average molecular weight is 351 g/mol. The summed E-state index contributed by atoms with van der Waals surface area (Å²) in [7, 11) is -3.01. The molecule has 1 aromatic rings. The summed E-state index contributed by atoms with van der Waals surface area (Å²) in [5.74, 6) is 0.140. The van der Waals surface area contributed by atoms with Crippen molar-refractivity contribution in [3.05, 3.63) is 38.3 Å². The second kappa shape index (κ2) is 6.97. The van der Waals surface area contributed by atoms with E-state index in [2.05, 4.69) is 21.2 Å². The SMILES string of the molecule is CCS(=O)(=O)CCNCc1ccc(Br)cc1[N+](=O)[O-]. The van der Waals surface area contributed by atoms with Gasteiger partial charge in [0.2, 0.25) is 0 Å². The molecule has 0 bridgehead atoms. The molecule has 0 aromatic heterocycles. The Kier molecular flexibility index (Phi) is 5.89. The molecular formula is C11H15BrN2O4S. The van der Waals surface area contributed by atoms with Crippen molar-refractivity contribution in [2.75, 3.05) is 18.1 Å². The van der Waals surface area contributed by atoms with E-state index in [1.54, 1.807) is 19.1 Å². The van der Waals surface area contributed by atoms with Crippen molar-refractivity contribution >= 4 is 31.5 Å².